The Morgan fingerprint density at radius 1 is 1.12 bits per heavy atom. The molecule has 0 spiro atoms. The normalized spacial score (nSPS) is 11.9. The van der Waals surface area contributed by atoms with Crippen LogP contribution >= 0.6 is 11.6 Å². The summed E-state index contributed by atoms with van der Waals surface area (Å²) >= 11 is 5.74. The van der Waals surface area contributed by atoms with Crippen LogP contribution in [-0.2, 0) is 11.2 Å². The van der Waals surface area contributed by atoms with E-state index in [0.717, 1.165) is 10.9 Å². The van der Waals surface area contributed by atoms with Gasteiger partial charge in [-0.15, -0.1) is 0 Å². The second-order valence-electron chi connectivity index (χ2n) is 5.51. The van der Waals surface area contributed by atoms with Crippen molar-refractivity contribution in [3.05, 3.63) is 71.1 Å². The summed E-state index contributed by atoms with van der Waals surface area (Å²) in [6.45, 7) is 0. The van der Waals surface area contributed by atoms with Crippen LogP contribution in [0.1, 0.15) is 16.1 Å². The second-order valence-corrected chi connectivity index (χ2v) is 5.90. The molecule has 7 heteroatoms. The molecule has 0 unspecified atom stereocenters. The number of halogens is 1. The average Bonchev–Trinajstić information content (AvgIpc) is 2.62. The van der Waals surface area contributed by atoms with E-state index in [4.69, 9.17) is 17.3 Å². The molecule has 0 saturated heterocycles. The molecule has 0 radical (unpaired) electrons. The molecule has 3 rings (SSSR count). The van der Waals surface area contributed by atoms with E-state index in [2.05, 4.69) is 15.3 Å². The molecule has 6 nitrogen and oxygen atoms in total. The summed E-state index contributed by atoms with van der Waals surface area (Å²) in [7, 11) is 0. The number of pyridine rings is 2. The SMILES string of the molecule is NC(=O)[C@H](Cc1ccc(Cl)nc1)NC(=O)c1ccc2ccccc2n1. The zero-order chi connectivity index (χ0) is 17.8. The lowest BCUT2D eigenvalue weighted by Crippen LogP contribution is -2.46. The molecular formula is C18H15ClN4O2. The minimum Gasteiger partial charge on any atom is -0.368 e. The first-order chi connectivity index (χ1) is 12.0. The predicted molar refractivity (Wildman–Crippen MR) is 95.1 cm³/mol. The Morgan fingerprint density at radius 2 is 1.92 bits per heavy atom. The van der Waals surface area contributed by atoms with Gasteiger partial charge in [-0.1, -0.05) is 41.9 Å². The van der Waals surface area contributed by atoms with Gasteiger partial charge < -0.3 is 11.1 Å². The van der Waals surface area contributed by atoms with Gasteiger partial charge in [-0.2, -0.15) is 0 Å². The Labute approximate surface area is 149 Å². The van der Waals surface area contributed by atoms with Crippen LogP contribution in [0.2, 0.25) is 5.15 Å². The van der Waals surface area contributed by atoms with Crippen molar-refractivity contribution < 1.29 is 9.59 Å². The molecule has 2 amide bonds. The summed E-state index contributed by atoms with van der Waals surface area (Å²) in [5.74, 6) is -1.10. The number of hydrogen-bond donors (Lipinski definition) is 2. The van der Waals surface area contributed by atoms with Crippen LogP contribution in [0.3, 0.4) is 0 Å². The fourth-order valence-corrected chi connectivity index (χ4v) is 2.52. The Hall–Kier alpha value is -2.99. The van der Waals surface area contributed by atoms with Crippen LogP contribution in [0.25, 0.3) is 10.9 Å². The van der Waals surface area contributed by atoms with Crippen molar-refractivity contribution in [1.29, 1.82) is 0 Å². The van der Waals surface area contributed by atoms with E-state index in [0.29, 0.717) is 10.7 Å². The molecule has 0 fully saturated rings. The van der Waals surface area contributed by atoms with Crippen molar-refractivity contribution in [1.82, 2.24) is 15.3 Å². The van der Waals surface area contributed by atoms with Gasteiger partial charge in [0.15, 0.2) is 0 Å². The number of carbonyl (C=O) groups excluding carboxylic acids is 2. The van der Waals surface area contributed by atoms with Gasteiger partial charge in [0.05, 0.1) is 5.52 Å². The lowest BCUT2D eigenvalue weighted by Gasteiger charge is -2.15. The number of hydrogen-bond acceptors (Lipinski definition) is 4. The van der Waals surface area contributed by atoms with E-state index >= 15 is 0 Å². The highest BCUT2D eigenvalue weighted by Crippen LogP contribution is 2.12. The molecule has 2 heterocycles. The lowest BCUT2D eigenvalue weighted by atomic mass is 10.1. The molecule has 0 bridgehead atoms. The average molecular weight is 355 g/mol. The minimum absolute atomic E-state index is 0.221. The number of nitrogens with zero attached hydrogens (tertiary/aromatic N) is 2. The number of primary amides is 1. The first-order valence-electron chi connectivity index (χ1n) is 7.59. The van der Waals surface area contributed by atoms with Gasteiger partial charge in [-0.25, -0.2) is 9.97 Å². The Balaban J connectivity index is 1.77. The van der Waals surface area contributed by atoms with Crippen LogP contribution < -0.4 is 11.1 Å². The van der Waals surface area contributed by atoms with Crippen molar-refractivity contribution in [2.45, 2.75) is 12.5 Å². The van der Waals surface area contributed by atoms with Crippen molar-refractivity contribution in [3.63, 3.8) is 0 Å². The van der Waals surface area contributed by atoms with Gasteiger partial charge in [0, 0.05) is 18.0 Å². The van der Waals surface area contributed by atoms with E-state index in [1.165, 1.54) is 0 Å². The molecule has 2 aromatic heterocycles. The van der Waals surface area contributed by atoms with Crippen LogP contribution in [0.15, 0.2) is 54.7 Å². The summed E-state index contributed by atoms with van der Waals surface area (Å²) in [5.41, 5.74) is 7.07. The molecule has 1 aromatic carbocycles. The number of amides is 2. The highest BCUT2D eigenvalue weighted by molar-refractivity contribution is 6.29. The summed E-state index contributed by atoms with van der Waals surface area (Å²) in [4.78, 5) is 32.4. The number of fused-ring (bicyclic) bond motifs is 1. The summed E-state index contributed by atoms with van der Waals surface area (Å²) in [6, 6.07) is 13.3. The number of rotatable bonds is 5. The zero-order valence-corrected chi connectivity index (χ0v) is 13.9. The van der Waals surface area contributed by atoms with E-state index < -0.39 is 17.9 Å². The molecule has 3 aromatic rings. The molecule has 0 aliphatic rings. The third kappa shape index (κ3) is 4.10. The fraction of sp³-hybridized carbons (Fsp3) is 0.111. The van der Waals surface area contributed by atoms with Crippen molar-refractivity contribution in [2.75, 3.05) is 0 Å². The Bertz CT molecular complexity index is 928. The third-order valence-corrected chi connectivity index (χ3v) is 3.93. The summed E-state index contributed by atoms with van der Waals surface area (Å²) in [5, 5.41) is 3.90. The van der Waals surface area contributed by atoms with E-state index in [-0.39, 0.29) is 12.1 Å². The number of carbonyl (C=O) groups is 2. The quantitative estimate of drug-likeness (QED) is 0.685. The van der Waals surface area contributed by atoms with Crippen molar-refractivity contribution >= 4 is 34.3 Å². The van der Waals surface area contributed by atoms with Gasteiger partial charge in [0.2, 0.25) is 5.91 Å². The van der Waals surface area contributed by atoms with E-state index in [9.17, 15) is 9.59 Å². The molecule has 0 aliphatic carbocycles. The third-order valence-electron chi connectivity index (χ3n) is 3.71. The largest absolute Gasteiger partial charge is 0.368 e. The fourth-order valence-electron chi connectivity index (χ4n) is 2.41. The molecule has 0 saturated carbocycles. The molecule has 0 aliphatic heterocycles. The smallest absolute Gasteiger partial charge is 0.270 e. The van der Waals surface area contributed by atoms with Gasteiger partial charge in [-0.05, 0) is 23.8 Å². The first-order valence-corrected chi connectivity index (χ1v) is 7.97. The molecule has 3 N–H and O–H groups in total. The van der Waals surface area contributed by atoms with Gasteiger partial charge >= 0.3 is 0 Å². The molecule has 1 atom stereocenters. The van der Waals surface area contributed by atoms with E-state index in [1.54, 1.807) is 30.5 Å². The van der Waals surface area contributed by atoms with Gasteiger partial charge in [-0.3, -0.25) is 9.59 Å². The maximum atomic E-state index is 12.4. The van der Waals surface area contributed by atoms with Crippen LogP contribution in [0, 0.1) is 0 Å². The van der Waals surface area contributed by atoms with Gasteiger partial charge in [0.25, 0.3) is 5.91 Å². The number of para-hydroxylation sites is 1. The zero-order valence-electron chi connectivity index (χ0n) is 13.1. The maximum absolute atomic E-state index is 12.4. The number of benzene rings is 1. The Kier molecular flexibility index (Phi) is 4.90. The summed E-state index contributed by atoms with van der Waals surface area (Å²) in [6.07, 6.45) is 1.76. The molecule has 25 heavy (non-hydrogen) atoms. The number of nitrogens with one attached hydrogen (secondary N) is 1. The van der Waals surface area contributed by atoms with Crippen LogP contribution in [-0.4, -0.2) is 27.8 Å². The highest BCUT2D eigenvalue weighted by Gasteiger charge is 2.20. The summed E-state index contributed by atoms with van der Waals surface area (Å²) < 4.78 is 0. The lowest BCUT2D eigenvalue weighted by molar-refractivity contribution is -0.119. The minimum atomic E-state index is -0.872. The van der Waals surface area contributed by atoms with Crippen LogP contribution in [0.4, 0.5) is 0 Å². The number of nitrogens with two attached hydrogens (primary N) is 1. The van der Waals surface area contributed by atoms with E-state index in [1.807, 2.05) is 24.3 Å². The Morgan fingerprint density at radius 3 is 2.64 bits per heavy atom. The molecular weight excluding hydrogens is 340 g/mol. The molecule has 126 valence electrons. The van der Waals surface area contributed by atoms with Gasteiger partial charge in [0.1, 0.15) is 16.9 Å². The predicted octanol–water partition coefficient (Wildman–Crippen LogP) is 2.11. The monoisotopic (exact) mass is 354 g/mol. The number of aromatic nitrogens is 2. The van der Waals surface area contributed by atoms with Crippen LogP contribution in [0.5, 0.6) is 0 Å². The second kappa shape index (κ2) is 7.27. The topological polar surface area (TPSA) is 98.0 Å². The maximum Gasteiger partial charge on any atom is 0.270 e. The van der Waals surface area contributed by atoms with Crippen molar-refractivity contribution in [2.24, 2.45) is 5.73 Å². The highest BCUT2D eigenvalue weighted by atomic mass is 35.5. The first kappa shape index (κ1) is 16.9. The standard InChI is InChI=1S/C18H15ClN4O2/c19-16-8-5-11(10-21-16)9-15(17(20)24)23-18(25)14-7-6-12-3-1-2-4-13(12)22-14/h1-8,10,15H,9H2,(H2,20,24)(H,23,25)/t15-/m0/s1. The van der Waals surface area contributed by atoms with Crippen molar-refractivity contribution in [3.8, 4) is 0 Å².